The van der Waals surface area contributed by atoms with Gasteiger partial charge in [-0.25, -0.2) is 4.79 Å². The molecule has 0 fully saturated rings. The van der Waals surface area contributed by atoms with Gasteiger partial charge in [0.1, 0.15) is 16.9 Å². The molecule has 0 aliphatic heterocycles. The Morgan fingerprint density at radius 2 is 1.72 bits per heavy atom. The maximum Gasteiger partial charge on any atom is 0.340 e. The van der Waals surface area contributed by atoms with Crippen LogP contribution < -0.4 is 5.63 Å². The molecule has 0 atom stereocenters. The van der Waals surface area contributed by atoms with Crippen LogP contribution in [0.1, 0.15) is 22.5 Å². The van der Waals surface area contributed by atoms with Crippen LogP contribution in [-0.4, -0.2) is 36.1 Å². The molecular weight excluding hydrogens is 322 g/mol. The van der Waals surface area contributed by atoms with Crippen LogP contribution in [0.4, 0.5) is 0 Å². The number of aryl methyl sites for hydroxylation is 3. The molecule has 1 N–H and O–H groups in total. The topological polar surface area (TPSA) is 83.9 Å². The molecular formula is C19H21NO5. The third-order valence-corrected chi connectivity index (χ3v) is 4.77. The summed E-state index contributed by atoms with van der Waals surface area (Å²) in [6, 6.07) is 3.67. The number of carbonyl (C=O) groups excluding carboxylic acids is 1. The second-order valence-electron chi connectivity index (χ2n) is 6.34. The minimum absolute atomic E-state index is 0.0535. The van der Waals surface area contributed by atoms with Crippen molar-refractivity contribution in [3.63, 3.8) is 0 Å². The molecule has 2 aromatic heterocycles. The van der Waals surface area contributed by atoms with Crippen LogP contribution in [-0.2, 0) is 11.2 Å². The first-order chi connectivity index (χ1) is 11.8. The number of furan rings is 1. The SMILES string of the molecule is Cc1oc2cc3oc(=O)c(CC(=O)N(C)CCO)c(C)c3cc2c1C. The molecule has 0 bridgehead atoms. The van der Waals surface area contributed by atoms with E-state index in [0.717, 1.165) is 27.7 Å². The lowest BCUT2D eigenvalue weighted by Gasteiger charge is -2.16. The lowest BCUT2D eigenvalue weighted by Crippen LogP contribution is -2.32. The van der Waals surface area contributed by atoms with Crippen LogP contribution in [0.15, 0.2) is 25.8 Å². The Balaban J connectivity index is 2.14. The molecule has 6 nitrogen and oxygen atoms in total. The highest BCUT2D eigenvalue weighted by molar-refractivity contribution is 5.97. The van der Waals surface area contributed by atoms with Crippen molar-refractivity contribution in [2.45, 2.75) is 27.2 Å². The van der Waals surface area contributed by atoms with Gasteiger partial charge in [-0.15, -0.1) is 0 Å². The van der Waals surface area contributed by atoms with Gasteiger partial charge in [-0.2, -0.15) is 0 Å². The molecule has 3 rings (SSSR count). The van der Waals surface area contributed by atoms with E-state index in [1.807, 2.05) is 26.8 Å². The maximum absolute atomic E-state index is 12.4. The van der Waals surface area contributed by atoms with Crippen molar-refractivity contribution in [1.82, 2.24) is 4.90 Å². The highest BCUT2D eigenvalue weighted by Crippen LogP contribution is 2.31. The molecule has 0 radical (unpaired) electrons. The average Bonchev–Trinajstić information content (AvgIpc) is 2.84. The molecule has 0 spiro atoms. The first-order valence-corrected chi connectivity index (χ1v) is 8.14. The van der Waals surface area contributed by atoms with Crippen molar-refractivity contribution in [1.29, 1.82) is 0 Å². The van der Waals surface area contributed by atoms with Gasteiger partial charge in [-0.3, -0.25) is 4.79 Å². The van der Waals surface area contributed by atoms with Crippen molar-refractivity contribution < 1.29 is 18.7 Å². The molecule has 6 heteroatoms. The molecule has 0 aliphatic rings. The van der Waals surface area contributed by atoms with Crippen LogP contribution in [0.5, 0.6) is 0 Å². The summed E-state index contributed by atoms with van der Waals surface area (Å²) in [5.74, 6) is 0.589. The maximum atomic E-state index is 12.4. The zero-order valence-electron chi connectivity index (χ0n) is 14.8. The van der Waals surface area contributed by atoms with E-state index in [1.54, 1.807) is 13.1 Å². The Morgan fingerprint density at radius 3 is 2.40 bits per heavy atom. The lowest BCUT2D eigenvalue weighted by atomic mass is 10.0. The quantitative estimate of drug-likeness (QED) is 0.736. The predicted molar refractivity (Wildman–Crippen MR) is 94.9 cm³/mol. The van der Waals surface area contributed by atoms with E-state index in [0.29, 0.717) is 16.7 Å². The van der Waals surface area contributed by atoms with E-state index in [-0.39, 0.29) is 25.5 Å². The second-order valence-corrected chi connectivity index (χ2v) is 6.34. The number of fused-ring (bicyclic) bond motifs is 2. The van der Waals surface area contributed by atoms with Crippen LogP contribution in [0, 0.1) is 20.8 Å². The van der Waals surface area contributed by atoms with Crippen molar-refractivity contribution >= 4 is 27.8 Å². The third-order valence-electron chi connectivity index (χ3n) is 4.77. The Hall–Kier alpha value is -2.60. The molecule has 1 amide bonds. The third kappa shape index (κ3) is 2.93. The van der Waals surface area contributed by atoms with Gasteiger partial charge in [0.2, 0.25) is 5.91 Å². The Kier molecular flexibility index (Phi) is 4.39. The van der Waals surface area contributed by atoms with Crippen LogP contribution in [0.3, 0.4) is 0 Å². The Morgan fingerprint density at radius 1 is 1.08 bits per heavy atom. The van der Waals surface area contributed by atoms with Crippen LogP contribution in [0.2, 0.25) is 0 Å². The number of rotatable bonds is 4. The second kappa shape index (κ2) is 6.37. The summed E-state index contributed by atoms with van der Waals surface area (Å²) in [7, 11) is 1.59. The van der Waals surface area contributed by atoms with Crippen molar-refractivity contribution in [3.8, 4) is 0 Å². The number of amides is 1. The number of aliphatic hydroxyl groups excluding tert-OH is 1. The Labute approximate surface area is 144 Å². The highest BCUT2D eigenvalue weighted by atomic mass is 16.4. The zero-order chi connectivity index (χ0) is 18.3. The zero-order valence-corrected chi connectivity index (χ0v) is 14.8. The first-order valence-electron chi connectivity index (χ1n) is 8.14. The number of aliphatic hydroxyl groups is 1. The van der Waals surface area contributed by atoms with Crippen LogP contribution >= 0.6 is 0 Å². The van der Waals surface area contributed by atoms with Crippen molar-refractivity contribution in [2.75, 3.05) is 20.2 Å². The largest absolute Gasteiger partial charge is 0.461 e. The van der Waals surface area contributed by atoms with E-state index in [4.69, 9.17) is 13.9 Å². The molecule has 132 valence electrons. The number of benzene rings is 1. The van der Waals surface area contributed by atoms with Gasteiger partial charge in [-0.1, -0.05) is 0 Å². The number of hydrogen-bond donors (Lipinski definition) is 1. The van der Waals surface area contributed by atoms with Crippen molar-refractivity contribution in [2.24, 2.45) is 0 Å². The normalized spacial score (nSPS) is 11.4. The Bertz CT molecular complexity index is 1030. The fraction of sp³-hybridized carbons (Fsp3) is 0.368. The minimum atomic E-state index is -0.518. The highest BCUT2D eigenvalue weighted by Gasteiger charge is 2.19. The van der Waals surface area contributed by atoms with Gasteiger partial charge in [-0.05, 0) is 38.0 Å². The molecule has 0 unspecified atom stereocenters. The molecule has 1 aromatic carbocycles. The summed E-state index contributed by atoms with van der Waals surface area (Å²) in [5.41, 5.74) is 2.73. The predicted octanol–water partition coefficient (Wildman–Crippen LogP) is 2.46. The smallest absolute Gasteiger partial charge is 0.340 e. The van der Waals surface area contributed by atoms with Gasteiger partial charge < -0.3 is 18.8 Å². The molecule has 25 heavy (non-hydrogen) atoms. The van der Waals surface area contributed by atoms with E-state index in [9.17, 15) is 9.59 Å². The van der Waals surface area contributed by atoms with Gasteiger partial charge in [0.25, 0.3) is 0 Å². The lowest BCUT2D eigenvalue weighted by molar-refractivity contribution is -0.129. The van der Waals surface area contributed by atoms with E-state index < -0.39 is 5.63 Å². The molecule has 0 saturated heterocycles. The fourth-order valence-corrected chi connectivity index (χ4v) is 2.99. The summed E-state index contributed by atoms with van der Waals surface area (Å²) in [4.78, 5) is 26.0. The van der Waals surface area contributed by atoms with E-state index in [2.05, 4.69) is 0 Å². The molecule has 3 aromatic rings. The fourth-order valence-electron chi connectivity index (χ4n) is 2.99. The van der Waals surface area contributed by atoms with Crippen molar-refractivity contribution in [3.05, 3.63) is 45.0 Å². The van der Waals surface area contributed by atoms with Crippen LogP contribution in [0.25, 0.3) is 21.9 Å². The minimum Gasteiger partial charge on any atom is -0.461 e. The van der Waals surface area contributed by atoms with Gasteiger partial charge in [0.15, 0.2) is 0 Å². The van der Waals surface area contributed by atoms with E-state index >= 15 is 0 Å². The number of nitrogens with zero attached hydrogens (tertiary/aromatic N) is 1. The molecule has 0 saturated carbocycles. The van der Waals surface area contributed by atoms with Gasteiger partial charge >= 0.3 is 5.63 Å². The summed E-state index contributed by atoms with van der Waals surface area (Å²) in [6.07, 6.45) is -0.0535. The average molecular weight is 343 g/mol. The standard InChI is InChI=1S/C19H21NO5/c1-10-12(3)24-16-9-17-14(7-13(10)16)11(2)15(19(23)25-17)8-18(22)20(4)5-6-21/h7,9,21H,5-6,8H2,1-4H3. The van der Waals surface area contributed by atoms with E-state index in [1.165, 1.54) is 4.90 Å². The number of hydrogen-bond acceptors (Lipinski definition) is 5. The summed E-state index contributed by atoms with van der Waals surface area (Å²) in [5, 5.41) is 10.7. The molecule has 0 aliphatic carbocycles. The summed E-state index contributed by atoms with van der Waals surface area (Å²) < 4.78 is 11.1. The summed E-state index contributed by atoms with van der Waals surface area (Å²) >= 11 is 0. The monoisotopic (exact) mass is 343 g/mol. The first kappa shape index (κ1) is 17.2. The van der Waals surface area contributed by atoms with Gasteiger partial charge in [0.05, 0.1) is 18.6 Å². The summed E-state index contributed by atoms with van der Waals surface area (Å²) in [6.45, 7) is 5.80. The number of likely N-dealkylation sites (N-methyl/N-ethyl adjacent to an activating group) is 1. The molecule has 2 heterocycles. The number of carbonyl (C=O) groups is 1. The van der Waals surface area contributed by atoms with Gasteiger partial charge in [0, 0.05) is 30.4 Å².